The first-order valence-corrected chi connectivity index (χ1v) is 8.67. The van der Waals surface area contributed by atoms with Crippen LogP contribution in [-0.4, -0.2) is 26.7 Å². The average molecular weight is 338 g/mol. The number of hydrogen-bond acceptors (Lipinski definition) is 6. The molecule has 0 aliphatic heterocycles. The maximum absolute atomic E-state index is 11.7. The number of hydrogen-bond donors (Lipinski definition) is 3. The molecule has 2 heterocycles. The lowest BCUT2D eigenvalue weighted by molar-refractivity contribution is 0.888. The summed E-state index contributed by atoms with van der Waals surface area (Å²) in [5.41, 5.74) is 13.0. The molecule has 2 aromatic heterocycles. The summed E-state index contributed by atoms with van der Waals surface area (Å²) in [4.78, 5) is 27.1. The van der Waals surface area contributed by atoms with Crippen LogP contribution in [-0.2, 0) is 12.2 Å². The molecule has 0 aliphatic rings. The highest BCUT2D eigenvalue weighted by Crippen LogP contribution is 2.21. The zero-order chi connectivity index (χ0) is 16.1. The van der Waals surface area contributed by atoms with E-state index in [0.717, 1.165) is 28.7 Å². The first-order chi connectivity index (χ1) is 10.5. The van der Waals surface area contributed by atoms with Crippen LogP contribution in [0.4, 0.5) is 5.13 Å². The van der Waals surface area contributed by atoms with Crippen LogP contribution < -0.4 is 17.0 Å². The second-order valence-corrected chi connectivity index (χ2v) is 6.63. The topological polar surface area (TPSA) is 123 Å². The van der Waals surface area contributed by atoms with E-state index in [2.05, 4.69) is 19.9 Å². The summed E-state index contributed by atoms with van der Waals surface area (Å²) in [5, 5.41) is 2.50. The summed E-state index contributed by atoms with van der Waals surface area (Å²) >= 11 is 3.13. The molecule has 9 heteroatoms. The number of rotatable bonds is 6. The summed E-state index contributed by atoms with van der Waals surface area (Å²) in [5.74, 6) is 2.35. The Balaban J connectivity index is 1.83. The van der Waals surface area contributed by atoms with E-state index in [1.54, 1.807) is 18.7 Å². The molecule has 118 valence electrons. The number of nitrogens with one attached hydrogen (secondary N) is 1. The number of aliphatic imine (C=N–C) groups is 1. The van der Waals surface area contributed by atoms with Crippen molar-refractivity contribution in [1.82, 2.24) is 15.0 Å². The number of aromatic nitrogens is 3. The molecule has 0 unspecified atom stereocenters. The quantitative estimate of drug-likeness (QED) is 0.413. The molecule has 0 aromatic carbocycles. The molecule has 0 radical (unpaired) electrons. The van der Waals surface area contributed by atoms with Crippen molar-refractivity contribution in [3.63, 3.8) is 0 Å². The van der Waals surface area contributed by atoms with Gasteiger partial charge in [0.15, 0.2) is 5.96 Å². The number of thiazole rings is 1. The van der Waals surface area contributed by atoms with E-state index >= 15 is 0 Å². The van der Waals surface area contributed by atoms with Gasteiger partial charge in [-0.05, 0) is 13.8 Å². The van der Waals surface area contributed by atoms with Gasteiger partial charge in [0, 0.05) is 34.6 Å². The molecule has 0 spiro atoms. The van der Waals surface area contributed by atoms with Crippen LogP contribution in [0.1, 0.15) is 22.8 Å². The van der Waals surface area contributed by atoms with E-state index in [9.17, 15) is 4.79 Å². The van der Waals surface area contributed by atoms with Crippen LogP contribution in [0.5, 0.6) is 0 Å². The number of nitrogens with two attached hydrogens (primary N) is 2. The van der Waals surface area contributed by atoms with Gasteiger partial charge >= 0.3 is 0 Å². The maximum Gasteiger partial charge on any atom is 0.254 e. The Morgan fingerprint density at radius 1 is 1.41 bits per heavy atom. The minimum atomic E-state index is -0.0612. The summed E-state index contributed by atoms with van der Waals surface area (Å²) in [6.45, 7) is 3.62. The van der Waals surface area contributed by atoms with Gasteiger partial charge in [-0.3, -0.25) is 4.79 Å². The standard InChI is InChI=1S/C13H18N6OS2/c1-7-8(2)16-10(18-11(7)20)3-4-21-5-9-6-22-13(17-9)19-12(14)15/h6H,3-5H2,1-2H3,(H,16,18,20)(H4,14,15,17,19). The molecule has 5 N–H and O–H groups in total. The van der Waals surface area contributed by atoms with Crippen LogP contribution in [0, 0.1) is 13.8 Å². The molecule has 0 aliphatic carbocycles. The highest BCUT2D eigenvalue weighted by molar-refractivity contribution is 7.98. The summed E-state index contributed by atoms with van der Waals surface area (Å²) in [6.07, 6.45) is 0.714. The first-order valence-electron chi connectivity index (χ1n) is 6.64. The molecule has 0 saturated carbocycles. The molecule has 2 rings (SSSR count). The third-order valence-corrected chi connectivity index (χ3v) is 4.72. The van der Waals surface area contributed by atoms with E-state index in [1.165, 1.54) is 11.3 Å². The fourth-order valence-electron chi connectivity index (χ4n) is 1.69. The van der Waals surface area contributed by atoms with E-state index in [1.807, 2.05) is 12.3 Å². The number of guanidine groups is 1. The lowest BCUT2D eigenvalue weighted by Crippen LogP contribution is -2.21. The van der Waals surface area contributed by atoms with Crippen LogP contribution >= 0.6 is 23.1 Å². The molecular weight excluding hydrogens is 320 g/mol. The molecule has 0 amide bonds. The van der Waals surface area contributed by atoms with E-state index < -0.39 is 0 Å². The largest absolute Gasteiger partial charge is 0.370 e. The van der Waals surface area contributed by atoms with Crippen molar-refractivity contribution in [2.75, 3.05) is 5.75 Å². The van der Waals surface area contributed by atoms with Gasteiger partial charge in [0.05, 0.1) is 5.69 Å². The van der Waals surface area contributed by atoms with Gasteiger partial charge in [-0.15, -0.1) is 11.3 Å². The van der Waals surface area contributed by atoms with Crippen LogP contribution in [0.25, 0.3) is 0 Å². The predicted octanol–water partition coefficient (Wildman–Crippen LogP) is 1.22. The molecular formula is C13H18N6OS2. The Labute approximate surface area is 136 Å². The van der Waals surface area contributed by atoms with Crippen molar-refractivity contribution in [2.24, 2.45) is 16.5 Å². The number of aryl methyl sites for hydroxylation is 2. The highest BCUT2D eigenvalue weighted by atomic mass is 32.2. The Morgan fingerprint density at radius 2 is 2.18 bits per heavy atom. The van der Waals surface area contributed by atoms with Crippen molar-refractivity contribution in [1.29, 1.82) is 0 Å². The van der Waals surface area contributed by atoms with E-state index in [4.69, 9.17) is 11.5 Å². The molecule has 22 heavy (non-hydrogen) atoms. The second kappa shape index (κ2) is 7.41. The van der Waals surface area contributed by atoms with Crippen molar-refractivity contribution in [3.05, 3.63) is 38.5 Å². The third kappa shape index (κ3) is 4.57. The Morgan fingerprint density at radius 3 is 2.86 bits per heavy atom. The number of H-pyrrole nitrogens is 1. The smallest absolute Gasteiger partial charge is 0.254 e. The second-order valence-electron chi connectivity index (χ2n) is 4.68. The van der Waals surface area contributed by atoms with Crippen molar-refractivity contribution in [3.8, 4) is 0 Å². The van der Waals surface area contributed by atoms with Gasteiger partial charge in [-0.2, -0.15) is 16.8 Å². The summed E-state index contributed by atoms with van der Waals surface area (Å²) in [7, 11) is 0. The Bertz CT molecular complexity index is 732. The number of aromatic amines is 1. The minimum absolute atomic E-state index is 0.0123. The van der Waals surface area contributed by atoms with Crippen LogP contribution in [0.2, 0.25) is 0 Å². The zero-order valence-corrected chi connectivity index (χ0v) is 14.1. The monoisotopic (exact) mass is 338 g/mol. The van der Waals surface area contributed by atoms with E-state index in [-0.39, 0.29) is 11.5 Å². The molecule has 0 saturated heterocycles. The Kier molecular flexibility index (Phi) is 5.56. The van der Waals surface area contributed by atoms with Crippen molar-refractivity contribution in [2.45, 2.75) is 26.0 Å². The van der Waals surface area contributed by atoms with Gasteiger partial charge < -0.3 is 16.5 Å². The van der Waals surface area contributed by atoms with Crippen LogP contribution in [0.3, 0.4) is 0 Å². The van der Waals surface area contributed by atoms with Gasteiger partial charge in [0.1, 0.15) is 5.82 Å². The summed E-state index contributed by atoms with van der Waals surface area (Å²) < 4.78 is 0. The van der Waals surface area contributed by atoms with E-state index in [0.29, 0.717) is 17.1 Å². The fourth-order valence-corrected chi connectivity index (χ4v) is 3.34. The highest BCUT2D eigenvalue weighted by Gasteiger charge is 2.05. The SMILES string of the molecule is Cc1nc(CCSCc2csc(N=C(N)N)n2)[nH]c(=O)c1C. The molecule has 2 aromatic rings. The van der Waals surface area contributed by atoms with Crippen molar-refractivity contribution >= 4 is 34.2 Å². The number of nitrogens with zero attached hydrogens (tertiary/aromatic N) is 3. The lowest BCUT2D eigenvalue weighted by atomic mass is 10.2. The predicted molar refractivity (Wildman–Crippen MR) is 91.8 cm³/mol. The average Bonchev–Trinajstić information content (AvgIpc) is 2.87. The van der Waals surface area contributed by atoms with Gasteiger partial charge in [-0.1, -0.05) is 0 Å². The first kappa shape index (κ1) is 16.5. The molecule has 0 bridgehead atoms. The van der Waals surface area contributed by atoms with Gasteiger partial charge in [0.2, 0.25) is 5.13 Å². The zero-order valence-electron chi connectivity index (χ0n) is 12.4. The van der Waals surface area contributed by atoms with Crippen LogP contribution in [0.15, 0.2) is 15.2 Å². The summed E-state index contributed by atoms with van der Waals surface area (Å²) in [6, 6.07) is 0. The fraction of sp³-hybridized carbons (Fsp3) is 0.385. The third-order valence-electron chi connectivity index (χ3n) is 2.94. The van der Waals surface area contributed by atoms with Gasteiger partial charge in [-0.25, -0.2) is 9.97 Å². The lowest BCUT2D eigenvalue weighted by Gasteiger charge is -2.03. The molecule has 0 atom stereocenters. The number of thioether (sulfide) groups is 1. The maximum atomic E-state index is 11.7. The Hall–Kier alpha value is -1.87. The minimum Gasteiger partial charge on any atom is -0.370 e. The van der Waals surface area contributed by atoms with Gasteiger partial charge in [0.25, 0.3) is 5.56 Å². The normalized spacial score (nSPS) is 10.6. The molecule has 7 nitrogen and oxygen atoms in total. The van der Waals surface area contributed by atoms with Crippen molar-refractivity contribution < 1.29 is 0 Å². The molecule has 0 fully saturated rings.